The predicted molar refractivity (Wildman–Crippen MR) is 264 cm³/mol. The Morgan fingerprint density at radius 1 is 0.375 bits per heavy atom. The second-order valence-electron chi connectivity index (χ2n) is 17.1. The van der Waals surface area contributed by atoms with E-state index in [1.165, 1.54) is 66.3 Å². The molecule has 0 aliphatic heterocycles. The summed E-state index contributed by atoms with van der Waals surface area (Å²) in [4.78, 5) is 2.47. The van der Waals surface area contributed by atoms with Crippen molar-refractivity contribution in [3.05, 3.63) is 253 Å². The Labute approximate surface area is 370 Å². The van der Waals surface area contributed by atoms with Crippen LogP contribution in [-0.2, 0) is 5.41 Å². The van der Waals surface area contributed by atoms with Gasteiger partial charge in [0, 0.05) is 33.1 Å². The minimum absolute atomic E-state index is 0.449. The zero-order valence-corrected chi connectivity index (χ0v) is 34.7. The first kappa shape index (κ1) is 35.2. The standard InChI is InChI=1S/C61H38N2O/c1-3-17-41(18-4-1)62-53-29-14-10-23-45(53)47-37-39(33-35-54(47)62)40-34-36-57-48(38-40)60-56(31-16-32-58(60)64-57)63(42-19-5-2-6-20-42)55-30-15-28-52-59(55)46-24-9-13-27-51(46)61(52)49-25-11-7-21-43(49)44-22-8-12-26-50(44)61/h1-38H. The van der Waals surface area contributed by atoms with Crippen molar-refractivity contribution in [2.75, 3.05) is 4.90 Å². The highest BCUT2D eigenvalue weighted by atomic mass is 16.3. The smallest absolute Gasteiger partial charge is 0.137 e. The third-order valence-corrected chi connectivity index (χ3v) is 14.0. The minimum Gasteiger partial charge on any atom is -0.456 e. The lowest BCUT2D eigenvalue weighted by Crippen LogP contribution is -2.26. The van der Waals surface area contributed by atoms with Gasteiger partial charge < -0.3 is 13.9 Å². The van der Waals surface area contributed by atoms with Crippen LogP contribution in [0.15, 0.2) is 235 Å². The van der Waals surface area contributed by atoms with E-state index < -0.39 is 5.41 Å². The fourth-order valence-electron chi connectivity index (χ4n) is 11.5. The van der Waals surface area contributed by atoms with Crippen LogP contribution in [0.5, 0.6) is 0 Å². The van der Waals surface area contributed by atoms with Gasteiger partial charge in [-0.1, -0.05) is 158 Å². The number of rotatable bonds is 5. The number of nitrogens with zero attached hydrogens (tertiary/aromatic N) is 2. The van der Waals surface area contributed by atoms with Crippen molar-refractivity contribution in [2.45, 2.75) is 5.41 Å². The van der Waals surface area contributed by atoms with Gasteiger partial charge >= 0.3 is 0 Å². The lowest BCUT2D eigenvalue weighted by molar-refractivity contribution is 0.669. The van der Waals surface area contributed by atoms with Crippen LogP contribution in [0.1, 0.15) is 22.3 Å². The summed E-state index contributed by atoms with van der Waals surface area (Å²) in [6, 6.07) is 84.4. The highest BCUT2D eigenvalue weighted by Gasteiger charge is 2.52. The molecule has 2 heterocycles. The molecule has 12 aromatic rings. The summed E-state index contributed by atoms with van der Waals surface area (Å²) in [5, 5.41) is 4.63. The fourth-order valence-corrected chi connectivity index (χ4v) is 11.5. The molecular formula is C61H38N2O. The molecule has 2 aliphatic carbocycles. The second kappa shape index (κ2) is 13.3. The average molecular weight is 815 g/mol. The fraction of sp³-hybridized carbons (Fsp3) is 0.0164. The van der Waals surface area contributed by atoms with Crippen molar-refractivity contribution < 1.29 is 4.42 Å². The molecule has 0 amide bonds. The molecule has 14 rings (SSSR count). The second-order valence-corrected chi connectivity index (χ2v) is 17.1. The molecule has 0 radical (unpaired) electrons. The summed E-state index contributed by atoms with van der Waals surface area (Å²) >= 11 is 0. The Kier molecular flexibility index (Phi) is 7.32. The Bertz CT molecular complexity index is 3810. The Morgan fingerprint density at radius 2 is 0.938 bits per heavy atom. The van der Waals surface area contributed by atoms with Crippen molar-refractivity contribution >= 4 is 60.8 Å². The molecule has 298 valence electrons. The lowest BCUT2D eigenvalue weighted by Gasteiger charge is -2.32. The van der Waals surface area contributed by atoms with E-state index >= 15 is 0 Å². The van der Waals surface area contributed by atoms with Crippen LogP contribution in [0.25, 0.3) is 82.8 Å². The first-order valence-corrected chi connectivity index (χ1v) is 22.1. The van der Waals surface area contributed by atoms with E-state index in [0.29, 0.717) is 0 Å². The van der Waals surface area contributed by atoms with Gasteiger partial charge in [-0.25, -0.2) is 0 Å². The van der Waals surface area contributed by atoms with E-state index in [9.17, 15) is 0 Å². The predicted octanol–water partition coefficient (Wildman–Crippen LogP) is 16.2. The monoisotopic (exact) mass is 814 g/mol. The summed E-state index contributed by atoms with van der Waals surface area (Å²) in [5.41, 5.74) is 20.8. The summed E-state index contributed by atoms with van der Waals surface area (Å²) in [6.07, 6.45) is 0. The molecule has 0 saturated heterocycles. The molecule has 0 atom stereocenters. The number of hydrogen-bond donors (Lipinski definition) is 0. The van der Waals surface area contributed by atoms with Crippen LogP contribution in [-0.4, -0.2) is 4.57 Å². The third kappa shape index (κ3) is 4.70. The molecule has 0 fully saturated rings. The Hall–Kier alpha value is -8.40. The maximum absolute atomic E-state index is 6.76. The first-order valence-electron chi connectivity index (χ1n) is 22.1. The number of anilines is 3. The zero-order chi connectivity index (χ0) is 41.9. The topological polar surface area (TPSA) is 21.3 Å². The molecule has 3 nitrogen and oxygen atoms in total. The van der Waals surface area contributed by atoms with Gasteiger partial charge in [0.15, 0.2) is 0 Å². The minimum atomic E-state index is -0.449. The molecule has 0 saturated carbocycles. The summed E-state index contributed by atoms with van der Waals surface area (Å²) in [5.74, 6) is 0. The summed E-state index contributed by atoms with van der Waals surface area (Å²) < 4.78 is 9.13. The van der Waals surface area contributed by atoms with Gasteiger partial charge in [0.1, 0.15) is 11.2 Å². The third-order valence-electron chi connectivity index (χ3n) is 14.0. The summed E-state index contributed by atoms with van der Waals surface area (Å²) in [6.45, 7) is 0. The van der Waals surface area contributed by atoms with E-state index in [1.807, 2.05) is 0 Å². The summed E-state index contributed by atoms with van der Waals surface area (Å²) in [7, 11) is 0. The number of benzene rings is 10. The first-order chi connectivity index (χ1) is 31.8. The van der Waals surface area contributed by atoms with Crippen molar-refractivity contribution in [1.82, 2.24) is 4.57 Å². The van der Waals surface area contributed by atoms with E-state index in [1.54, 1.807) is 0 Å². The number of fused-ring (bicyclic) bond motifs is 16. The van der Waals surface area contributed by atoms with Crippen LogP contribution in [0.4, 0.5) is 17.1 Å². The van der Waals surface area contributed by atoms with Crippen LogP contribution >= 0.6 is 0 Å². The van der Waals surface area contributed by atoms with Gasteiger partial charge in [0.05, 0.1) is 33.2 Å². The highest BCUT2D eigenvalue weighted by Crippen LogP contribution is 2.64. The molecular weight excluding hydrogens is 777 g/mol. The molecule has 3 heteroatoms. The molecule has 64 heavy (non-hydrogen) atoms. The van der Waals surface area contributed by atoms with Gasteiger partial charge in [0.2, 0.25) is 0 Å². The number of aromatic nitrogens is 1. The van der Waals surface area contributed by atoms with Gasteiger partial charge in [-0.15, -0.1) is 0 Å². The Balaban J connectivity index is 0.999. The highest BCUT2D eigenvalue weighted by molar-refractivity contribution is 6.16. The van der Waals surface area contributed by atoms with E-state index in [-0.39, 0.29) is 0 Å². The number of para-hydroxylation sites is 3. The molecule has 10 aromatic carbocycles. The molecule has 0 unspecified atom stereocenters. The van der Waals surface area contributed by atoms with Gasteiger partial charge in [-0.05, 0) is 123 Å². The Morgan fingerprint density at radius 3 is 1.70 bits per heavy atom. The largest absolute Gasteiger partial charge is 0.456 e. The number of hydrogen-bond acceptors (Lipinski definition) is 2. The molecule has 0 N–H and O–H groups in total. The van der Waals surface area contributed by atoms with Crippen LogP contribution in [0, 0.1) is 0 Å². The number of furan rings is 1. The molecule has 0 bridgehead atoms. The van der Waals surface area contributed by atoms with E-state index in [4.69, 9.17) is 4.42 Å². The van der Waals surface area contributed by atoms with Gasteiger partial charge in [0.25, 0.3) is 0 Å². The van der Waals surface area contributed by atoms with Crippen LogP contribution in [0.2, 0.25) is 0 Å². The van der Waals surface area contributed by atoms with Crippen LogP contribution in [0.3, 0.4) is 0 Å². The maximum atomic E-state index is 6.76. The van der Waals surface area contributed by atoms with Crippen molar-refractivity contribution in [2.24, 2.45) is 0 Å². The maximum Gasteiger partial charge on any atom is 0.137 e. The SMILES string of the molecule is c1ccc(N(c2cccc3c2-c2ccccc2C32c3ccccc3-c3ccccc32)c2cccc3oc4ccc(-c5ccc6c(c5)c5ccccc5n6-c5ccccc5)cc4c23)cc1. The van der Waals surface area contributed by atoms with Crippen molar-refractivity contribution in [3.8, 4) is 39.1 Å². The van der Waals surface area contributed by atoms with Crippen molar-refractivity contribution in [1.29, 1.82) is 0 Å². The van der Waals surface area contributed by atoms with Crippen LogP contribution < -0.4 is 4.90 Å². The van der Waals surface area contributed by atoms with E-state index in [0.717, 1.165) is 55.8 Å². The average Bonchev–Trinajstić information content (AvgIpc) is 4.09. The van der Waals surface area contributed by atoms with Crippen molar-refractivity contribution in [3.63, 3.8) is 0 Å². The lowest BCUT2D eigenvalue weighted by atomic mass is 9.70. The zero-order valence-electron chi connectivity index (χ0n) is 34.7. The molecule has 2 aromatic heterocycles. The van der Waals surface area contributed by atoms with E-state index in [2.05, 4.69) is 240 Å². The van der Waals surface area contributed by atoms with Gasteiger partial charge in [-0.3, -0.25) is 0 Å². The van der Waals surface area contributed by atoms with Gasteiger partial charge in [-0.2, -0.15) is 0 Å². The molecule has 2 aliphatic rings. The molecule has 1 spiro atoms. The quantitative estimate of drug-likeness (QED) is 0.173. The normalized spacial score (nSPS) is 13.1.